The van der Waals surface area contributed by atoms with Gasteiger partial charge in [0.25, 0.3) is 0 Å². The van der Waals surface area contributed by atoms with Crippen LogP contribution in [0.25, 0.3) is 0 Å². The first kappa shape index (κ1) is 25.5. The molecule has 0 aliphatic heterocycles. The third-order valence-electron chi connectivity index (χ3n) is 8.44. The topological polar surface area (TPSA) is 78.9 Å². The van der Waals surface area contributed by atoms with E-state index in [2.05, 4.69) is 26.5 Å². The van der Waals surface area contributed by atoms with Crippen molar-refractivity contribution in [3.8, 4) is 0 Å². The molecule has 2 bridgehead atoms. The Morgan fingerprint density at radius 1 is 1.12 bits per heavy atom. The van der Waals surface area contributed by atoms with Crippen LogP contribution < -0.4 is 0 Å². The zero-order valence-corrected chi connectivity index (χ0v) is 21.0. The Balaban J connectivity index is 2.07. The normalized spacial score (nSPS) is 38.5. The zero-order valence-electron chi connectivity index (χ0n) is 21.0. The highest BCUT2D eigenvalue weighted by Crippen LogP contribution is 2.61. The van der Waals surface area contributed by atoms with Gasteiger partial charge in [0.2, 0.25) is 0 Å². The summed E-state index contributed by atoms with van der Waals surface area (Å²) in [6, 6.07) is 0. The molecule has 0 radical (unpaired) electrons. The second-order valence-electron chi connectivity index (χ2n) is 10.6. The number of carbonyl (C=O) groups is 3. The maximum absolute atomic E-state index is 12.3. The molecule has 6 nitrogen and oxygen atoms in total. The van der Waals surface area contributed by atoms with E-state index in [-0.39, 0.29) is 65.3 Å². The first-order valence-corrected chi connectivity index (χ1v) is 12.4. The second kappa shape index (κ2) is 10.0. The summed E-state index contributed by atoms with van der Waals surface area (Å²) in [5.74, 6) is -0.186. The Labute approximate surface area is 198 Å². The number of fused-ring (bicyclic) bond motifs is 1. The van der Waals surface area contributed by atoms with Crippen molar-refractivity contribution in [2.75, 3.05) is 0 Å². The molecule has 0 aromatic heterocycles. The summed E-state index contributed by atoms with van der Waals surface area (Å²) in [5.41, 5.74) is 1.90. The molecule has 0 aromatic rings. The number of hydrogen-bond acceptors (Lipinski definition) is 6. The summed E-state index contributed by atoms with van der Waals surface area (Å²) in [6.45, 7) is 15.6. The molecule has 3 aliphatic carbocycles. The van der Waals surface area contributed by atoms with E-state index in [4.69, 9.17) is 14.2 Å². The molecule has 0 saturated heterocycles. The summed E-state index contributed by atoms with van der Waals surface area (Å²) in [5, 5.41) is 0. The number of carbonyl (C=O) groups excluding carboxylic acids is 3. The van der Waals surface area contributed by atoms with Crippen LogP contribution >= 0.6 is 0 Å². The van der Waals surface area contributed by atoms with E-state index >= 15 is 0 Å². The van der Waals surface area contributed by atoms with Crippen LogP contribution in [0.2, 0.25) is 0 Å². The molecule has 0 spiro atoms. The van der Waals surface area contributed by atoms with E-state index in [1.165, 1.54) is 13.8 Å². The van der Waals surface area contributed by atoms with Crippen molar-refractivity contribution in [1.29, 1.82) is 0 Å². The SMILES string of the molecule is C=C1C2CC(OC(C)=O)C(C)=CCC(OC(=O)CC)C(C)C3CCC(C)(C(OC(C)=O)C2)C13. The molecular weight excluding hydrogens is 420 g/mol. The van der Waals surface area contributed by atoms with Gasteiger partial charge in [0.15, 0.2) is 0 Å². The minimum absolute atomic E-state index is 0.0719. The fourth-order valence-electron chi connectivity index (χ4n) is 6.60. The van der Waals surface area contributed by atoms with Crippen LogP contribution in [0.4, 0.5) is 0 Å². The summed E-state index contributed by atoms with van der Waals surface area (Å²) in [7, 11) is 0. The molecule has 184 valence electrons. The van der Waals surface area contributed by atoms with Crippen molar-refractivity contribution in [3.05, 3.63) is 23.8 Å². The van der Waals surface area contributed by atoms with Crippen LogP contribution in [-0.4, -0.2) is 36.2 Å². The molecule has 33 heavy (non-hydrogen) atoms. The average Bonchev–Trinajstić information content (AvgIpc) is 3.10. The van der Waals surface area contributed by atoms with Crippen LogP contribution in [0.15, 0.2) is 23.8 Å². The predicted octanol–water partition coefficient (Wildman–Crippen LogP) is 5.16. The van der Waals surface area contributed by atoms with Gasteiger partial charge < -0.3 is 14.2 Å². The van der Waals surface area contributed by atoms with Gasteiger partial charge in [-0.05, 0) is 61.9 Å². The van der Waals surface area contributed by atoms with Crippen molar-refractivity contribution >= 4 is 17.9 Å². The van der Waals surface area contributed by atoms with Crippen molar-refractivity contribution in [1.82, 2.24) is 0 Å². The van der Waals surface area contributed by atoms with Gasteiger partial charge in [0, 0.05) is 32.1 Å². The number of esters is 3. The molecule has 0 aromatic carbocycles. The molecule has 8 unspecified atom stereocenters. The first-order chi connectivity index (χ1) is 15.5. The zero-order chi connectivity index (χ0) is 24.5. The molecule has 0 N–H and O–H groups in total. The van der Waals surface area contributed by atoms with Gasteiger partial charge in [-0.2, -0.15) is 0 Å². The number of rotatable bonds is 4. The molecule has 3 rings (SSSR count). The van der Waals surface area contributed by atoms with Gasteiger partial charge in [-0.25, -0.2) is 0 Å². The fourth-order valence-corrected chi connectivity index (χ4v) is 6.60. The molecule has 0 amide bonds. The van der Waals surface area contributed by atoms with Crippen LogP contribution in [0.5, 0.6) is 0 Å². The largest absolute Gasteiger partial charge is 0.462 e. The van der Waals surface area contributed by atoms with E-state index in [0.29, 0.717) is 25.7 Å². The maximum atomic E-state index is 12.3. The lowest BCUT2D eigenvalue weighted by atomic mass is 9.58. The van der Waals surface area contributed by atoms with Crippen molar-refractivity contribution < 1.29 is 28.6 Å². The molecule has 2 fully saturated rings. The molecule has 8 atom stereocenters. The number of allylic oxidation sites excluding steroid dienone is 1. The lowest BCUT2D eigenvalue weighted by Gasteiger charge is -2.50. The van der Waals surface area contributed by atoms with Crippen LogP contribution in [-0.2, 0) is 28.6 Å². The Hall–Kier alpha value is -2.11. The molecule has 2 saturated carbocycles. The van der Waals surface area contributed by atoms with Gasteiger partial charge in [-0.3, -0.25) is 14.4 Å². The Morgan fingerprint density at radius 3 is 2.39 bits per heavy atom. The van der Waals surface area contributed by atoms with Crippen LogP contribution in [0, 0.1) is 29.1 Å². The summed E-state index contributed by atoms with van der Waals surface area (Å²) in [6.07, 6.45) is 5.32. The minimum atomic E-state index is -0.387. The number of hydrogen-bond donors (Lipinski definition) is 0. The van der Waals surface area contributed by atoms with Crippen LogP contribution in [0.1, 0.15) is 80.1 Å². The van der Waals surface area contributed by atoms with Gasteiger partial charge >= 0.3 is 17.9 Å². The monoisotopic (exact) mass is 460 g/mol. The lowest BCUT2D eigenvalue weighted by molar-refractivity contribution is -0.161. The standard InChI is InChI=1S/C27H40O6/c1-8-25(30)33-22-10-9-15(2)23(31-18(5)28)13-20-14-24(32-19(6)29)27(7)12-11-21(17(22)4)26(27)16(20)3/h9,17,20-24,26H,3,8,10-14H2,1-2,4-7H3. The van der Waals surface area contributed by atoms with E-state index < -0.39 is 0 Å². The number of ether oxygens (including phenoxy) is 3. The third kappa shape index (κ3) is 5.20. The highest BCUT2D eigenvalue weighted by Gasteiger charge is 2.58. The minimum Gasteiger partial charge on any atom is -0.462 e. The highest BCUT2D eigenvalue weighted by atomic mass is 16.6. The molecular formula is C27H40O6. The first-order valence-electron chi connectivity index (χ1n) is 12.4. The highest BCUT2D eigenvalue weighted by molar-refractivity contribution is 5.69. The van der Waals surface area contributed by atoms with Crippen molar-refractivity contribution in [3.63, 3.8) is 0 Å². The third-order valence-corrected chi connectivity index (χ3v) is 8.44. The van der Waals surface area contributed by atoms with Gasteiger partial charge in [-0.1, -0.05) is 39.0 Å². The summed E-state index contributed by atoms with van der Waals surface area (Å²) < 4.78 is 17.6. The average molecular weight is 461 g/mol. The predicted molar refractivity (Wildman–Crippen MR) is 125 cm³/mol. The Kier molecular flexibility index (Phi) is 7.75. The summed E-state index contributed by atoms with van der Waals surface area (Å²) >= 11 is 0. The van der Waals surface area contributed by atoms with Gasteiger partial charge in [0.1, 0.15) is 18.3 Å². The van der Waals surface area contributed by atoms with Crippen molar-refractivity contribution in [2.45, 2.75) is 98.4 Å². The fraction of sp³-hybridized carbons (Fsp3) is 0.741. The second-order valence-corrected chi connectivity index (χ2v) is 10.6. The smallest absolute Gasteiger partial charge is 0.305 e. The van der Waals surface area contributed by atoms with E-state index in [0.717, 1.165) is 24.0 Å². The van der Waals surface area contributed by atoms with Crippen LogP contribution in [0.3, 0.4) is 0 Å². The maximum Gasteiger partial charge on any atom is 0.305 e. The van der Waals surface area contributed by atoms with E-state index in [9.17, 15) is 14.4 Å². The molecule has 6 heteroatoms. The molecule has 0 heterocycles. The Bertz CT molecular complexity index is 828. The van der Waals surface area contributed by atoms with Gasteiger partial charge in [0.05, 0.1) is 0 Å². The lowest BCUT2D eigenvalue weighted by Crippen LogP contribution is -2.49. The quantitative estimate of drug-likeness (QED) is 0.328. The van der Waals surface area contributed by atoms with E-state index in [1.54, 1.807) is 6.92 Å². The molecule has 3 aliphatic rings. The van der Waals surface area contributed by atoms with Crippen molar-refractivity contribution in [2.24, 2.45) is 29.1 Å². The van der Waals surface area contributed by atoms with Gasteiger partial charge in [-0.15, -0.1) is 0 Å². The van der Waals surface area contributed by atoms with E-state index in [1.807, 2.05) is 6.92 Å². The summed E-state index contributed by atoms with van der Waals surface area (Å²) in [4.78, 5) is 36.2. The Morgan fingerprint density at radius 2 is 1.79 bits per heavy atom.